The molecule has 0 unspecified atom stereocenters. The predicted octanol–water partition coefficient (Wildman–Crippen LogP) is 4.37. The second kappa shape index (κ2) is 11.0. The zero-order valence-electron chi connectivity index (χ0n) is 17.0. The van der Waals surface area contributed by atoms with E-state index in [1.54, 1.807) is 13.0 Å². The average molecular weight is 486 g/mol. The number of hydrogen-bond donors (Lipinski definition) is 1. The molecule has 31 heavy (non-hydrogen) atoms. The third-order valence-corrected chi connectivity index (χ3v) is 5.62. The average Bonchev–Trinajstić information content (AvgIpc) is 2.96. The molecule has 0 bridgehead atoms. The van der Waals surface area contributed by atoms with Crippen molar-refractivity contribution in [2.75, 3.05) is 49.5 Å². The van der Waals surface area contributed by atoms with Crippen molar-refractivity contribution in [2.45, 2.75) is 13.3 Å². The smallest absolute Gasteiger partial charge is 0.339 e. The fourth-order valence-corrected chi connectivity index (χ4v) is 4.22. The normalized spacial score (nSPS) is 14.8. The molecule has 1 N–H and O–H groups in total. The number of carbonyl (C=O) groups is 2. The summed E-state index contributed by atoms with van der Waals surface area (Å²) in [6.45, 7) is 5.29. The van der Waals surface area contributed by atoms with Crippen LogP contribution in [0, 0.1) is 0 Å². The summed E-state index contributed by atoms with van der Waals surface area (Å²) in [5.41, 5.74) is 0.790. The molecule has 7 nitrogen and oxygen atoms in total. The standard InChI is InChI=1S/C21H23Cl3N4O3/c1-2-31-21(30)14-4-5-18(25-12-14)28-7-3-6-27(8-9-28)13-19(29)26-20-16(23)10-15(22)11-17(20)24/h4-5,10-12H,2-3,6-9,13H2,1H3,(H,26,29). The van der Waals surface area contributed by atoms with Gasteiger partial charge in [-0.1, -0.05) is 34.8 Å². The third-order valence-electron chi connectivity index (χ3n) is 4.81. The van der Waals surface area contributed by atoms with Crippen molar-refractivity contribution in [3.05, 3.63) is 51.1 Å². The maximum atomic E-state index is 12.5. The minimum Gasteiger partial charge on any atom is -0.462 e. The van der Waals surface area contributed by atoms with Gasteiger partial charge in [0.1, 0.15) is 5.82 Å². The Labute approximate surface area is 196 Å². The van der Waals surface area contributed by atoms with Gasteiger partial charge in [-0.15, -0.1) is 0 Å². The summed E-state index contributed by atoms with van der Waals surface area (Å²) in [6.07, 6.45) is 2.40. The lowest BCUT2D eigenvalue weighted by Crippen LogP contribution is -2.36. The number of halogens is 3. The van der Waals surface area contributed by atoms with E-state index in [9.17, 15) is 9.59 Å². The first-order chi connectivity index (χ1) is 14.9. The number of hydrogen-bond acceptors (Lipinski definition) is 6. The van der Waals surface area contributed by atoms with Crippen molar-refractivity contribution in [3.63, 3.8) is 0 Å². The summed E-state index contributed by atoms with van der Waals surface area (Å²) in [4.78, 5) is 32.9. The van der Waals surface area contributed by atoms with E-state index in [2.05, 4.69) is 20.1 Å². The summed E-state index contributed by atoms with van der Waals surface area (Å²) in [6, 6.07) is 6.61. The molecule has 2 aromatic rings. The Hall–Kier alpha value is -2.06. The number of pyridine rings is 1. The Morgan fingerprint density at radius 1 is 1.10 bits per heavy atom. The van der Waals surface area contributed by atoms with Crippen LogP contribution in [0.5, 0.6) is 0 Å². The van der Waals surface area contributed by atoms with E-state index in [4.69, 9.17) is 39.5 Å². The molecule has 1 saturated heterocycles. The van der Waals surface area contributed by atoms with Gasteiger partial charge in [0, 0.05) is 37.4 Å². The summed E-state index contributed by atoms with van der Waals surface area (Å²) in [5, 5.41) is 3.77. The number of aromatic nitrogens is 1. The fraction of sp³-hybridized carbons (Fsp3) is 0.381. The Balaban J connectivity index is 1.55. The van der Waals surface area contributed by atoms with Gasteiger partial charge in [0.05, 0.1) is 34.4 Å². The van der Waals surface area contributed by atoms with Gasteiger partial charge in [0.25, 0.3) is 0 Å². The first kappa shape index (κ1) is 23.6. The number of nitrogens with zero attached hydrogens (tertiary/aromatic N) is 3. The van der Waals surface area contributed by atoms with Crippen LogP contribution in [0.3, 0.4) is 0 Å². The Morgan fingerprint density at radius 3 is 2.48 bits per heavy atom. The molecule has 0 atom stereocenters. The van der Waals surface area contributed by atoms with Crippen LogP contribution in [0.15, 0.2) is 30.5 Å². The molecule has 1 aromatic carbocycles. The molecule has 0 aliphatic carbocycles. The number of nitrogens with one attached hydrogen (secondary N) is 1. The number of rotatable bonds is 6. The maximum absolute atomic E-state index is 12.5. The molecule has 1 fully saturated rings. The monoisotopic (exact) mass is 484 g/mol. The number of carbonyl (C=O) groups excluding carboxylic acids is 2. The van der Waals surface area contributed by atoms with Crippen molar-refractivity contribution >= 4 is 58.2 Å². The molecular formula is C21H23Cl3N4O3. The van der Waals surface area contributed by atoms with Crippen LogP contribution in [0.25, 0.3) is 0 Å². The second-order valence-corrected chi connectivity index (χ2v) is 8.29. The van der Waals surface area contributed by atoms with E-state index in [1.165, 1.54) is 18.3 Å². The molecule has 1 aliphatic heterocycles. The minimum atomic E-state index is -0.379. The van der Waals surface area contributed by atoms with Crippen molar-refractivity contribution in [2.24, 2.45) is 0 Å². The highest BCUT2D eigenvalue weighted by atomic mass is 35.5. The van der Waals surface area contributed by atoms with E-state index in [-0.39, 0.29) is 18.4 Å². The molecule has 10 heteroatoms. The molecule has 2 heterocycles. The van der Waals surface area contributed by atoms with Gasteiger partial charge in [-0.25, -0.2) is 9.78 Å². The number of ether oxygens (including phenoxy) is 1. The van der Waals surface area contributed by atoms with Crippen molar-refractivity contribution in [1.29, 1.82) is 0 Å². The zero-order chi connectivity index (χ0) is 22.4. The van der Waals surface area contributed by atoms with Crippen LogP contribution in [0.2, 0.25) is 15.1 Å². The highest BCUT2D eigenvalue weighted by Gasteiger charge is 2.20. The predicted molar refractivity (Wildman–Crippen MR) is 124 cm³/mol. The summed E-state index contributed by atoms with van der Waals surface area (Å²) >= 11 is 18.2. The van der Waals surface area contributed by atoms with E-state index >= 15 is 0 Å². The highest BCUT2D eigenvalue weighted by molar-refractivity contribution is 6.42. The van der Waals surface area contributed by atoms with Crippen molar-refractivity contribution in [3.8, 4) is 0 Å². The number of benzene rings is 1. The largest absolute Gasteiger partial charge is 0.462 e. The topological polar surface area (TPSA) is 74.8 Å². The maximum Gasteiger partial charge on any atom is 0.339 e. The quantitative estimate of drug-likeness (QED) is 0.613. The minimum absolute atomic E-state index is 0.198. The van der Waals surface area contributed by atoms with Crippen LogP contribution in [-0.4, -0.2) is 61.1 Å². The number of esters is 1. The van der Waals surface area contributed by atoms with Gasteiger partial charge in [-0.2, -0.15) is 0 Å². The van der Waals surface area contributed by atoms with Gasteiger partial charge in [-0.05, 0) is 37.6 Å². The Kier molecular flexibility index (Phi) is 8.37. The summed E-state index contributed by atoms with van der Waals surface area (Å²) in [7, 11) is 0. The molecule has 3 rings (SSSR count). The summed E-state index contributed by atoms with van der Waals surface area (Å²) < 4.78 is 4.99. The van der Waals surface area contributed by atoms with Crippen LogP contribution < -0.4 is 10.2 Å². The van der Waals surface area contributed by atoms with Crippen LogP contribution >= 0.6 is 34.8 Å². The molecule has 0 saturated carbocycles. The Bertz CT molecular complexity index is 917. The molecular weight excluding hydrogens is 463 g/mol. The van der Waals surface area contributed by atoms with E-state index in [0.29, 0.717) is 46.0 Å². The molecule has 166 valence electrons. The van der Waals surface area contributed by atoms with Crippen LogP contribution in [0.1, 0.15) is 23.7 Å². The van der Waals surface area contributed by atoms with Gasteiger partial charge in [0.15, 0.2) is 0 Å². The van der Waals surface area contributed by atoms with Gasteiger partial charge in [-0.3, -0.25) is 9.69 Å². The lowest BCUT2D eigenvalue weighted by molar-refractivity contribution is -0.117. The van der Waals surface area contributed by atoms with Gasteiger partial charge < -0.3 is 15.0 Å². The second-order valence-electron chi connectivity index (χ2n) is 7.03. The van der Waals surface area contributed by atoms with Gasteiger partial charge in [0.2, 0.25) is 5.91 Å². The Morgan fingerprint density at radius 2 is 1.84 bits per heavy atom. The lowest BCUT2D eigenvalue weighted by atomic mass is 10.2. The zero-order valence-corrected chi connectivity index (χ0v) is 19.3. The summed E-state index contributed by atoms with van der Waals surface area (Å²) in [5.74, 6) is 0.214. The van der Waals surface area contributed by atoms with E-state index in [1.807, 2.05) is 6.07 Å². The number of amides is 1. The van der Waals surface area contributed by atoms with Crippen molar-refractivity contribution < 1.29 is 14.3 Å². The van der Waals surface area contributed by atoms with Crippen LogP contribution in [-0.2, 0) is 9.53 Å². The highest BCUT2D eigenvalue weighted by Crippen LogP contribution is 2.33. The first-order valence-corrected chi connectivity index (χ1v) is 11.1. The van der Waals surface area contributed by atoms with Crippen LogP contribution in [0.4, 0.5) is 11.5 Å². The van der Waals surface area contributed by atoms with Gasteiger partial charge >= 0.3 is 5.97 Å². The number of anilines is 2. The molecule has 0 spiro atoms. The molecule has 1 aromatic heterocycles. The molecule has 1 amide bonds. The molecule has 1 aliphatic rings. The SMILES string of the molecule is CCOC(=O)c1ccc(N2CCCN(CC(=O)Nc3c(Cl)cc(Cl)cc3Cl)CC2)nc1. The fourth-order valence-electron chi connectivity index (χ4n) is 3.31. The third kappa shape index (κ3) is 6.46. The van der Waals surface area contributed by atoms with E-state index < -0.39 is 0 Å². The lowest BCUT2D eigenvalue weighted by Gasteiger charge is -2.22. The van der Waals surface area contributed by atoms with Crippen molar-refractivity contribution in [1.82, 2.24) is 9.88 Å². The molecule has 0 radical (unpaired) electrons. The first-order valence-electron chi connectivity index (χ1n) is 9.92. The van der Waals surface area contributed by atoms with E-state index in [0.717, 1.165) is 25.3 Å².